The van der Waals surface area contributed by atoms with E-state index in [2.05, 4.69) is 15.3 Å². The maximum Gasteiger partial charge on any atom is 0.346 e. The first kappa shape index (κ1) is 20.1. The molecule has 1 aromatic heterocycles. The minimum Gasteiger partial charge on any atom is -0.493 e. The minimum atomic E-state index is -0.854. The molecule has 0 aliphatic heterocycles. The molecule has 0 radical (unpaired) electrons. The highest BCUT2D eigenvalue weighted by Crippen LogP contribution is 2.28. The van der Waals surface area contributed by atoms with Crippen molar-refractivity contribution in [3.05, 3.63) is 80.2 Å². The maximum absolute atomic E-state index is 13.8. The van der Waals surface area contributed by atoms with Gasteiger partial charge in [0, 0.05) is 0 Å². The molecular weight excluding hydrogens is 399 g/mol. The lowest BCUT2D eigenvalue weighted by molar-refractivity contribution is 0.0725. The molecule has 10 heteroatoms. The number of esters is 1. The number of halogens is 1. The highest BCUT2D eigenvalue weighted by Gasteiger charge is 2.16. The van der Waals surface area contributed by atoms with Gasteiger partial charge in [0.2, 0.25) is 4.77 Å². The molecule has 2 aromatic carbocycles. The third-order valence-electron chi connectivity index (χ3n) is 3.82. The Morgan fingerprint density at radius 2 is 2.03 bits per heavy atom. The summed E-state index contributed by atoms with van der Waals surface area (Å²) in [5.41, 5.74) is 0.112. The van der Waals surface area contributed by atoms with E-state index in [4.69, 9.17) is 21.7 Å². The molecule has 0 bridgehead atoms. The molecule has 148 valence electrons. The molecular formula is C19H15FN4O4S. The van der Waals surface area contributed by atoms with Crippen molar-refractivity contribution in [3.8, 4) is 11.5 Å². The third-order valence-corrected chi connectivity index (χ3v) is 4.08. The average molecular weight is 414 g/mol. The van der Waals surface area contributed by atoms with E-state index in [9.17, 15) is 14.0 Å². The number of H-pyrrole nitrogens is 1. The SMILES string of the molecule is COc1cc(/C=N\n2c(=S)[nH]nc(C)c2=O)ccc1OC(=O)c1ccccc1F. The van der Waals surface area contributed by atoms with Crippen LogP contribution in [0, 0.1) is 17.5 Å². The van der Waals surface area contributed by atoms with Gasteiger partial charge < -0.3 is 9.47 Å². The molecule has 3 rings (SSSR count). The Morgan fingerprint density at radius 3 is 2.76 bits per heavy atom. The number of aromatic nitrogens is 3. The van der Waals surface area contributed by atoms with Crippen molar-refractivity contribution in [3.63, 3.8) is 0 Å². The van der Waals surface area contributed by atoms with E-state index in [1.807, 2.05) is 0 Å². The van der Waals surface area contributed by atoms with Crippen molar-refractivity contribution >= 4 is 24.4 Å². The first-order valence-corrected chi connectivity index (χ1v) is 8.69. The Kier molecular flexibility index (Phi) is 5.93. The quantitative estimate of drug-likeness (QED) is 0.298. The Morgan fingerprint density at radius 1 is 1.28 bits per heavy atom. The van der Waals surface area contributed by atoms with Crippen LogP contribution < -0.4 is 15.0 Å². The number of nitrogens with one attached hydrogen (secondary N) is 1. The fourth-order valence-electron chi connectivity index (χ4n) is 2.33. The Labute approximate surface area is 169 Å². The molecule has 0 aliphatic carbocycles. The molecule has 29 heavy (non-hydrogen) atoms. The number of carbonyl (C=O) groups is 1. The van der Waals surface area contributed by atoms with E-state index < -0.39 is 17.3 Å². The van der Waals surface area contributed by atoms with Crippen LogP contribution in [-0.2, 0) is 0 Å². The summed E-state index contributed by atoms with van der Waals surface area (Å²) in [7, 11) is 1.39. The van der Waals surface area contributed by atoms with E-state index in [-0.39, 0.29) is 27.5 Å². The number of carbonyl (C=O) groups excluding carboxylic acids is 1. The summed E-state index contributed by atoms with van der Waals surface area (Å²) in [6.07, 6.45) is 1.38. The number of methoxy groups -OCH3 is 1. The van der Waals surface area contributed by atoms with Gasteiger partial charge in [0.05, 0.1) is 18.9 Å². The number of benzene rings is 2. The monoisotopic (exact) mass is 414 g/mol. The van der Waals surface area contributed by atoms with Gasteiger partial charge in [0.15, 0.2) is 11.5 Å². The second-order valence-corrected chi connectivity index (χ2v) is 6.14. The van der Waals surface area contributed by atoms with Gasteiger partial charge in [0.1, 0.15) is 11.5 Å². The number of aromatic amines is 1. The van der Waals surface area contributed by atoms with Gasteiger partial charge in [-0.2, -0.15) is 14.9 Å². The lowest BCUT2D eigenvalue weighted by Crippen LogP contribution is -2.22. The van der Waals surface area contributed by atoms with Crippen LogP contribution in [0.5, 0.6) is 11.5 Å². The summed E-state index contributed by atoms with van der Waals surface area (Å²) in [6.45, 7) is 1.53. The highest BCUT2D eigenvalue weighted by atomic mass is 32.1. The van der Waals surface area contributed by atoms with E-state index in [1.54, 1.807) is 12.1 Å². The molecule has 0 spiro atoms. The van der Waals surface area contributed by atoms with Crippen molar-refractivity contribution in [1.29, 1.82) is 0 Å². The molecule has 0 unspecified atom stereocenters. The van der Waals surface area contributed by atoms with Crippen LogP contribution >= 0.6 is 12.2 Å². The Bertz CT molecular complexity index is 1220. The summed E-state index contributed by atoms with van der Waals surface area (Å²) < 4.78 is 25.3. The number of hydrogen-bond donors (Lipinski definition) is 1. The van der Waals surface area contributed by atoms with Gasteiger partial charge in [-0.05, 0) is 55.0 Å². The summed E-state index contributed by atoms with van der Waals surface area (Å²) >= 11 is 5.01. The fourth-order valence-corrected chi connectivity index (χ4v) is 2.51. The maximum atomic E-state index is 13.8. The topological polar surface area (TPSA) is 98.6 Å². The highest BCUT2D eigenvalue weighted by molar-refractivity contribution is 7.71. The molecule has 1 heterocycles. The average Bonchev–Trinajstić information content (AvgIpc) is 2.72. The largest absolute Gasteiger partial charge is 0.493 e. The van der Waals surface area contributed by atoms with Crippen molar-refractivity contribution < 1.29 is 18.7 Å². The molecule has 3 aromatic rings. The zero-order valence-corrected chi connectivity index (χ0v) is 16.2. The zero-order valence-electron chi connectivity index (χ0n) is 15.4. The smallest absolute Gasteiger partial charge is 0.346 e. The Hall–Kier alpha value is -3.66. The van der Waals surface area contributed by atoms with Gasteiger partial charge in [-0.25, -0.2) is 9.18 Å². The number of ether oxygens (including phenoxy) is 2. The number of aryl methyl sites for hydroxylation is 1. The third kappa shape index (κ3) is 4.43. The van der Waals surface area contributed by atoms with Crippen LogP contribution in [0.3, 0.4) is 0 Å². The van der Waals surface area contributed by atoms with Crippen molar-refractivity contribution in [1.82, 2.24) is 14.9 Å². The van der Waals surface area contributed by atoms with E-state index in [0.29, 0.717) is 5.56 Å². The number of hydrogen-bond acceptors (Lipinski definition) is 7. The predicted octanol–water partition coefficient (Wildman–Crippen LogP) is 2.86. The summed E-state index contributed by atoms with van der Waals surface area (Å²) in [4.78, 5) is 24.3. The van der Waals surface area contributed by atoms with Crippen molar-refractivity contribution in [2.75, 3.05) is 7.11 Å². The first-order chi connectivity index (χ1) is 13.9. The standard InChI is InChI=1S/C19H15FN4O4S/c1-11-17(25)24(19(29)23-22-11)21-10-12-7-8-15(16(9-12)27-2)28-18(26)13-5-3-4-6-14(13)20/h3-10H,1-2H3,(H,23,29)/b21-10-. The minimum absolute atomic E-state index is 0.0410. The molecule has 0 fully saturated rings. The normalized spacial score (nSPS) is 10.9. The first-order valence-electron chi connectivity index (χ1n) is 8.28. The number of rotatable bonds is 5. The van der Waals surface area contributed by atoms with Crippen LogP contribution in [0.25, 0.3) is 0 Å². The fraction of sp³-hybridized carbons (Fsp3) is 0.105. The van der Waals surface area contributed by atoms with Crippen LogP contribution in [0.15, 0.2) is 52.4 Å². The van der Waals surface area contributed by atoms with E-state index >= 15 is 0 Å². The second-order valence-electron chi connectivity index (χ2n) is 5.76. The van der Waals surface area contributed by atoms with E-state index in [0.717, 1.165) is 4.68 Å². The number of nitrogens with zero attached hydrogens (tertiary/aromatic N) is 3. The van der Waals surface area contributed by atoms with Crippen LogP contribution in [0.2, 0.25) is 0 Å². The predicted molar refractivity (Wildman–Crippen MR) is 106 cm³/mol. The van der Waals surface area contributed by atoms with Crippen LogP contribution in [0.4, 0.5) is 4.39 Å². The molecule has 0 aliphatic rings. The van der Waals surface area contributed by atoms with Crippen molar-refractivity contribution in [2.45, 2.75) is 6.92 Å². The van der Waals surface area contributed by atoms with Gasteiger partial charge in [-0.3, -0.25) is 9.89 Å². The summed E-state index contributed by atoms with van der Waals surface area (Å²) in [5.74, 6) is -1.21. The van der Waals surface area contributed by atoms with E-state index in [1.165, 1.54) is 50.6 Å². The van der Waals surface area contributed by atoms with Crippen molar-refractivity contribution in [2.24, 2.45) is 5.10 Å². The lowest BCUT2D eigenvalue weighted by atomic mass is 10.2. The van der Waals surface area contributed by atoms with Crippen LogP contribution in [-0.4, -0.2) is 34.2 Å². The van der Waals surface area contributed by atoms with Crippen LogP contribution in [0.1, 0.15) is 21.6 Å². The molecule has 1 N–H and O–H groups in total. The Balaban J connectivity index is 1.87. The molecule has 0 saturated heterocycles. The molecule has 0 amide bonds. The molecule has 8 nitrogen and oxygen atoms in total. The molecule has 0 atom stereocenters. The van der Waals surface area contributed by atoms with Gasteiger partial charge in [-0.1, -0.05) is 12.1 Å². The van der Waals surface area contributed by atoms with Gasteiger partial charge in [0.25, 0.3) is 5.56 Å². The van der Waals surface area contributed by atoms with Gasteiger partial charge in [-0.15, -0.1) is 0 Å². The van der Waals surface area contributed by atoms with Gasteiger partial charge >= 0.3 is 5.97 Å². The molecule has 0 saturated carbocycles. The zero-order chi connectivity index (χ0) is 21.0. The summed E-state index contributed by atoms with van der Waals surface area (Å²) in [6, 6.07) is 10.1. The second kappa shape index (κ2) is 8.57. The lowest BCUT2D eigenvalue weighted by Gasteiger charge is -2.10. The summed E-state index contributed by atoms with van der Waals surface area (Å²) in [5, 5.41) is 10.3.